The van der Waals surface area contributed by atoms with Crippen molar-refractivity contribution in [1.29, 1.82) is 0 Å². The van der Waals surface area contributed by atoms with E-state index in [-0.39, 0.29) is 0 Å². The molecule has 0 amide bonds. The zero-order valence-corrected chi connectivity index (χ0v) is 9.13. The van der Waals surface area contributed by atoms with Gasteiger partial charge in [-0.05, 0) is 23.8 Å². The predicted molar refractivity (Wildman–Crippen MR) is 62.7 cm³/mol. The fraction of sp³-hybridized carbons (Fsp3) is 0.429. The summed E-state index contributed by atoms with van der Waals surface area (Å²) >= 11 is 0. The Morgan fingerprint density at radius 3 is 2.67 bits per heavy atom. The lowest BCUT2D eigenvalue weighted by molar-refractivity contribution is 0.170. The monoisotopic (exact) mass is 202 g/mol. The van der Waals surface area contributed by atoms with E-state index in [9.17, 15) is 5.11 Å². The first-order chi connectivity index (χ1) is 7.33. The van der Waals surface area contributed by atoms with E-state index in [2.05, 4.69) is 43.3 Å². The van der Waals surface area contributed by atoms with E-state index in [0.717, 1.165) is 6.42 Å². The van der Waals surface area contributed by atoms with Crippen LogP contribution in [-0.4, -0.2) is 11.7 Å². The lowest BCUT2D eigenvalue weighted by Gasteiger charge is -2.31. The van der Waals surface area contributed by atoms with Crippen molar-refractivity contribution in [1.82, 2.24) is 0 Å². The molecule has 0 radical (unpaired) electrons. The Balaban J connectivity index is 2.23. The molecule has 80 valence electrons. The summed E-state index contributed by atoms with van der Waals surface area (Å²) in [6, 6.07) is 10.6. The largest absolute Gasteiger partial charge is 0.396 e. The molecule has 3 atom stereocenters. The van der Waals surface area contributed by atoms with Gasteiger partial charge in [-0.3, -0.25) is 0 Å². The van der Waals surface area contributed by atoms with Crippen LogP contribution in [0.25, 0.3) is 0 Å². The standard InChI is InChI=1S/C14H18O/c1-11-13(10-15)8-5-9-14(11)12-6-3-2-4-7-12/h2-7,9,11,13-15H,8,10H2,1H3/t11-,13+,14?/m0/s1. The number of aliphatic hydroxyl groups excluding tert-OH is 1. The van der Waals surface area contributed by atoms with Crippen molar-refractivity contribution in [3.63, 3.8) is 0 Å². The van der Waals surface area contributed by atoms with Crippen LogP contribution in [0.4, 0.5) is 0 Å². The Morgan fingerprint density at radius 2 is 2.00 bits per heavy atom. The number of hydrogen-bond acceptors (Lipinski definition) is 1. The van der Waals surface area contributed by atoms with Crippen molar-refractivity contribution in [3.05, 3.63) is 48.0 Å². The Hall–Kier alpha value is -1.08. The average molecular weight is 202 g/mol. The summed E-state index contributed by atoms with van der Waals surface area (Å²) in [5.74, 6) is 1.42. The summed E-state index contributed by atoms with van der Waals surface area (Å²) in [5, 5.41) is 9.29. The van der Waals surface area contributed by atoms with E-state index < -0.39 is 0 Å². The van der Waals surface area contributed by atoms with Gasteiger partial charge in [0.25, 0.3) is 0 Å². The third-order valence-corrected chi connectivity index (χ3v) is 3.51. The first-order valence-corrected chi connectivity index (χ1v) is 5.65. The molecule has 1 aliphatic rings. The third kappa shape index (κ3) is 2.13. The van der Waals surface area contributed by atoms with Crippen LogP contribution in [0, 0.1) is 11.8 Å². The summed E-state index contributed by atoms with van der Waals surface area (Å²) in [7, 11) is 0. The van der Waals surface area contributed by atoms with Gasteiger partial charge >= 0.3 is 0 Å². The second kappa shape index (κ2) is 4.63. The molecule has 0 fully saturated rings. The van der Waals surface area contributed by atoms with Gasteiger partial charge in [-0.25, -0.2) is 0 Å². The molecule has 0 saturated carbocycles. The van der Waals surface area contributed by atoms with Crippen molar-refractivity contribution in [2.75, 3.05) is 6.61 Å². The molecule has 0 bridgehead atoms. The molecule has 1 aliphatic carbocycles. The molecule has 0 saturated heterocycles. The van der Waals surface area contributed by atoms with E-state index in [1.165, 1.54) is 5.56 Å². The van der Waals surface area contributed by atoms with Gasteiger partial charge in [-0.15, -0.1) is 0 Å². The third-order valence-electron chi connectivity index (χ3n) is 3.51. The molecule has 1 aromatic rings. The molecule has 15 heavy (non-hydrogen) atoms. The van der Waals surface area contributed by atoms with Gasteiger partial charge in [0.2, 0.25) is 0 Å². The van der Waals surface area contributed by atoms with Crippen LogP contribution < -0.4 is 0 Å². The molecular weight excluding hydrogens is 184 g/mol. The van der Waals surface area contributed by atoms with E-state index in [4.69, 9.17) is 0 Å². The highest BCUT2D eigenvalue weighted by Gasteiger charge is 2.26. The predicted octanol–water partition coefficient (Wildman–Crippen LogP) is 2.97. The molecule has 1 N–H and O–H groups in total. The van der Waals surface area contributed by atoms with Gasteiger partial charge in [-0.2, -0.15) is 0 Å². The summed E-state index contributed by atoms with van der Waals surface area (Å²) in [5.41, 5.74) is 1.36. The molecule has 0 aromatic heterocycles. The molecular formula is C14H18O. The maximum Gasteiger partial charge on any atom is 0.0465 e. The number of allylic oxidation sites excluding steroid dienone is 2. The van der Waals surface area contributed by atoms with Crippen molar-refractivity contribution < 1.29 is 5.11 Å². The first kappa shape index (κ1) is 10.4. The van der Waals surface area contributed by atoms with Gasteiger partial charge in [-0.1, -0.05) is 49.4 Å². The Labute approximate surface area is 91.4 Å². The second-order valence-corrected chi connectivity index (χ2v) is 4.40. The van der Waals surface area contributed by atoms with E-state index in [0.29, 0.717) is 24.4 Å². The van der Waals surface area contributed by atoms with E-state index >= 15 is 0 Å². The van der Waals surface area contributed by atoms with Crippen molar-refractivity contribution in [2.24, 2.45) is 11.8 Å². The quantitative estimate of drug-likeness (QED) is 0.731. The highest BCUT2D eigenvalue weighted by atomic mass is 16.3. The minimum absolute atomic E-state index is 0.300. The second-order valence-electron chi connectivity index (χ2n) is 4.40. The van der Waals surface area contributed by atoms with Crippen molar-refractivity contribution in [2.45, 2.75) is 19.3 Å². The summed E-state index contributed by atoms with van der Waals surface area (Å²) < 4.78 is 0. The Kier molecular flexibility index (Phi) is 3.22. The smallest absolute Gasteiger partial charge is 0.0465 e. The molecule has 0 spiro atoms. The van der Waals surface area contributed by atoms with Gasteiger partial charge in [0.15, 0.2) is 0 Å². The van der Waals surface area contributed by atoms with Crippen molar-refractivity contribution >= 4 is 0 Å². The summed E-state index contributed by atoms with van der Waals surface area (Å²) in [4.78, 5) is 0. The summed E-state index contributed by atoms with van der Waals surface area (Å²) in [6.45, 7) is 2.54. The molecule has 0 aliphatic heterocycles. The van der Waals surface area contributed by atoms with Gasteiger partial charge in [0, 0.05) is 12.5 Å². The SMILES string of the molecule is C[C@@H]1C(c2ccccc2)C=CC[C@@H]1CO. The fourth-order valence-electron chi connectivity index (χ4n) is 2.41. The minimum Gasteiger partial charge on any atom is -0.396 e. The van der Waals surface area contributed by atoms with Crippen LogP contribution >= 0.6 is 0 Å². The zero-order valence-electron chi connectivity index (χ0n) is 9.13. The highest BCUT2D eigenvalue weighted by molar-refractivity contribution is 5.26. The number of aliphatic hydroxyl groups is 1. The molecule has 1 unspecified atom stereocenters. The average Bonchev–Trinajstić information content (AvgIpc) is 2.30. The Morgan fingerprint density at radius 1 is 1.27 bits per heavy atom. The Bertz CT molecular complexity index is 328. The van der Waals surface area contributed by atoms with Gasteiger partial charge < -0.3 is 5.11 Å². The zero-order chi connectivity index (χ0) is 10.7. The van der Waals surface area contributed by atoms with Crippen LogP contribution in [0.1, 0.15) is 24.8 Å². The fourth-order valence-corrected chi connectivity index (χ4v) is 2.41. The van der Waals surface area contributed by atoms with Crippen LogP contribution in [0.2, 0.25) is 0 Å². The van der Waals surface area contributed by atoms with Crippen LogP contribution in [0.15, 0.2) is 42.5 Å². The number of benzene rings is 1. The first-order valence-electron chi connectivity index (χ1n) is 5.65. The van der Waals surface area contributed by atoms with Gasteiger partial charge in [0.1, 0.15) is 0 Å². The van der Waals surface area contributed by atoms with Crippen LogP contribution in [-0.2, 0) is 0 Å². The topological polar surface area (TPSA) is 20.2 Å². The molecule has 1 heteroatoms. The minimum atomic E-state index is 0.300. The maximum absolute atomic E-state index is 9.29. The van der Waals surface area contributed by atoms with E-state index in [1.54, 1.807) is 0 Å². The molecule has 0 heterocycles. The van der Waals surface area contributed by atoms with Gasteiger partial charge in [0.05, 0.1) is 0 Å². The molecule has 1 aromatic carbocycles. The number of hydrogen-bond donors (Lipinski definition) is 1. The highest BCUT2D eigenvalue weighted by Crippen LogP contribution is 2.36. The summed E-state index contributed by atoms with van der Waals surface area (Å²) in [6.07, 6.45) is 5.51. The molecule has 2 rings (SSSR count). The lowest BCUT2D eigenvalue weighted by Crippen LogP contribution is -2.24. The molecule has 1 nitrogen and oxygen atoms in total. The number of rotatable bonds is 2. The van der Waals surface area contributed by atoms with Crippen LogP contribution in [0.5, 0.6) is 0 Å². The lowest BCUT2D eigenvalue weighted by atomic mass is 9.74. The normalized spacial score (nSPS) is 30.4. The van der Waals surface area contributed by atoms with E-state index in [1.807, 2.05) is 6.07 Å². The van der Waals surface area contributed by atoms with Crippen molar-refractivity contribution in [3.8, 4) is 0 Å². The van der Waals surface area contributed by atoms with Crippen LogP contribution in [0.3, 0.4) is 0 Å². The maximum atomic E-state index is 9.29.